The summed E-state index contributed by atoms with van der Waals surface area (Å²) in [5.74, 6) is 0.613. The van der Waals surface area contributed by atoms with E-state index in [1.807, 2.05) is 73.0 Å². The van der Waals surface area contributed by atoms with Crippen molar-refractivity contribution in [3.05, 3.63) is 90.1 Å². The first-order valence-corrected chi connectivity index (χ1v) is 12.6. The lowest BCUT2D eigenvalue weighted by atomic mass is 10.0. The summed E-state index contributed by atoms with van der Waals surface area (Å²) in [7, 11) is 0. The first-order valence-electron chi connectivity index (χ1n) is 11.4. The summed E-state index contributed by atoms with van der Waals surface area (Å²) in [6.07, 6.45) is 5.40. The van der Waals surface area contributed by atoms with Gasteiger partial charge in [-0.25, -0.2) is 14.8 Å². The van der Waals surface area contributed by atoms with Crippen molar-refractivity contribution < 1.29 is 4.79 Å². The van der Waals surface area contributed by atoms with Crippen molar-refractivity contribution in [3.8, 4) is 22.6 Å². The van der Waals surface area contributed by atoms with Crippen molar-refractivity contribution in [2.45, 2.75) is 31.6 Å². The van der Waals surface area contributed by atoms with Crippen LogP contribution >= 0.6 is 11.8 Å². The molecule has 6 heteroatoms. The Kier molecular flexibility index (Phi) is 7.60. The van der Waals surface area contributed by atoms with Gasteiger partial charge in [-0.05, 0) is 36.3 Å². The van der Waals surface area contributed by atoms with Gasteiger partial charge in [0.25, 0.3) is 0 Å². The molecule has 0 spiro atoms. The third-order valence-corrected chi connectivity index (χ3v) is 6.46. The molecule has 1 aromatic heterocycles. The van der Waals surface area contributed by atoms with Crippen LogP contribution in [0.5, 0.6) is 0 Å². The fourth-order valence-electron chi connectivity index (χ4n) is 3.92. The van der Waals surface area contributed by atoms with E-state index in [1.165, 1.54) is 0 Å². The maximum atomic E-state index is 13.1. The number of hydrogen-bond donors (Lipinski definition) is 2. The van der Waals surface area contributed by atoms with Crippen molar-refractivity contribution in [2.75, 3.05) is 16.9 Å². The third-order valence-electron chi connectivity index (χ3n) is 5.67. The fraction of sp³-hybridized carbons (Fsp3) is 0.179. The number of nitrogens with one attached hydrogen (secondary N) is 2. The third kappa shape index (κ3) is 5.13. The quantitative estimate of drug-likeness (QED) is 0.279. The van der Waals surface area contributed by atoms with Gasteiger partial charge in [0.1, 0.15) is 0 Å². The minimum atomic E-state index is -0.311. The number of amides is 2. The van der Waals surface area contributed by atoms with E-state index >= 15 is 0 Å². The largest absolute Gasteiger partial charge is 0.323 e. The molecule has 0 saturated heterocycles. The van der Waals surface area contributed by atoms with E-state index in [1.54, 1.807) is 18.0 Å². The van der Waals surface area contributed by atoms with Crippen LogP contribution in [0.25, 0.3) is 22.6 Å². The summed E-state index contributed by atoms with van der Waals surface area (Å²) in [5, 5.41) is 6.08. The number of rotatable bonds is 7. The number of nitrogens with zero attached hydrogens (tertiary/aromatic N) is 2. The molecule has 0 atom stereocenters. The van der Waals surface area contributed by atoms with E-state index in [0.29, 0.717) is 17.2 Å². The van der Waals surface area contributed by atoms with Gasteiger partial charge >= 0.3 is 6.03 Å². The predicted octanol–water partition coefficient (Wildman–Crippen LogP) is 7.30. The molecular weight excluding hydrogens is 440 g/mol. The number of aryl methyl sites for hydroxylation is 2. The Morgan fingerprint density at radius 1 is 0.853 bits per heavy atom. The molecular formula is C28H28N4OS. The number of anilines is 2. The highest BCUT2D eigenvalue weighted by molar-refractivity contribution is 7.98. The first-order chi connectivity index (χ1) is 16.6. The molecule has 0 fully saturated rings. The van der Waals surface area contributed by atoms with Crippen molar-refractivity contribution in [1.29, 1.82) is 0 Å². The van der Waals surface area contributed by atoms with Crippen LogP contribution in [0.2, 0.25) is 0 Å². The van der Waals surface area contributed by atoms with E-state index in [2.05, 4.69) is 35.5 Å². The van der Waals surface area contributed by atoms with E-state index in [4.69, 9.17) is 4.98 Å². The van der Waals surface area contributed by atoms with Crippen LogP contribution in [-0.2, 0) is 12.8 Å². The van der Waals surface area contributed by atoms with E-state index < -0.39 is 0 Å². The molecule has 4 rings (SSSR count). The van der Waals surface area contributed by atoms with Gasteiger partial charge in [-0.3, -0.25) is 0 Å². The summed E-state index contributed by atoms with van der Waals surface area (Å²) in [4.78, 5) is 23.6. The van der Waals surface area contributed by atoms with E-state index in [9.17, 15) is 4.79 Å². The number of aromatic nitrogens is 2. The van der Waals surface area contributed by atoms with Crippen LogP contribution in [0.15, 0.2) is 83.9 Å². The molecule has 0 unspecified atom stereocenters. The fourth-order valence-corrected chi connectivity index (χ4v) is 4.51. The summed E-state index contributed by atoms with van der Waals surface area (Å²) in [5.41, 5.74) is 6.22. The minimum absolute atomic E-state index is 0.311. The van der Waals surface area contributed by atoms with E-state index in [-0.39, 0.29) is 6.03 Å². The van der Waals surface area contributed by atoms with Crippen LogP contribution in [0.4, 0.5) is 16.2 Å². The maximum absolute atomic E-state index is 13.1. The van der Waals surface area contributed by atoms with Crippen molar-refractivity contribution in [1.82, 2.24) is 9.97 Å². The minimum Gasteiger partial charge on any atom is -0.307 e. The Morgan fingerprint density at radius 2 is 1.53 bits per heavy atom. The second-order valence-corrected chi connectivity index (χ2v) is 8.61. The van der Waals surface area contributed by atoms with Crippen LogP contribution in [-0.4, -0.2) is 22.3 Å². The Morgan fingerprint density at radius 3 is 2.21 bits per heavy atom. The number of urea groups is 1. The molecule has 4 aromatic rings. The lowest BCUT2D eigenvalue weighted by molar-refractivity contribution is 0.262. The molecule has 5 nitrogen and oxygen atoms in total. The van der Waals surface area contributed by atoms with E-state index in [0.717, 1.165) is 45.7 Å². The van der Waals surface area contributed by atoms with Gasteiger partial charge in [-0.2, -0.15) is 0 Å². The zero-order chi connectivity index (χ0) is 23.9. The summed E-state index contributed by atoms with van der Waals surface area (Å²) < 4.78 is 0. The molecule has 2 N–H and O–H groups in total. The van der Waals surface area contributed by atoms with Gasteiger partial charge in [0.15, 0.2) is 5.82 Å². The SMILES string of the molecule is CCc1cccc(CC)c1NC(=O)Nc1cnc(-c2ccccc2)nc1-c1ccccc1SC. The van der Waals surface area contributed by atoms with Crippen molar-refractivity contribution in [2.24, 2.45) is 0 Å². The second kappa shape index (κ2) is 11.0. The number of para-hydroxylation sites is 1. The number of thioether (sulfide) groups is 1. The highest BCUT2D eigenvalue weighted by Crippen LogP contribution is 2.34. The summed E-state index contributed by atoms with van der Waals surface area (Å²) >= 11 is 1.64. The average molecular weight is 469 g/mol. The van der Waals surface area contributed by atoms with Gasteiger partial charge in [0, 0.05) is 21.7 Å². The van der Waals surface area contributed by atoms with Gasteiger partial charge in [0.05, 0.1) is 17.6 Å². The smallest absolute Gasteiger partial charge is 0.307 e. The topological polar surface area (TPSA) is 66.9 Å². The van der Waals surface area contributed by atoms with Crippen LogP contribution < -0.4 is 10.6 Å². The molecule has 0 radical (unpaired) electrons. The van der Waals surface area contributed by atoms with Crippen LogP contribution in [0.3, 0.4) is 0 Å². The highest BCUT2D eigenvalue weighted by atomic mass is 32.2. The predicted molar refractivity (Wildman–Crippen MR) is 143 cm³/mol. The normalized spacial score (nSPS) is 10.7. The molecule has 0 aliphatic carbocycles. The van der Waals surface area contributed by atoms with Gasteiger partial charge in [-0.15, -0.1) is 11.8 Å². The summed E-state index contributed by atoms with van der Waals surface area (Å²) in [6.45, 7) is 4.18. The molecule has 0 bridgehead atoms. The lowest BCUT2D eigenvalue weighted by Gasteiger charge is -2.17. The Hall–Kier alpha value is -3.64. The lowest BCUT2D eigenvalue weighted by Crippen LogP contribution is -2.22. The Bertz CT molecular complexity index is 1270. The molecule has 172 valence electrons. The van der Waals surface area contributed by atoms with Crippen molar-refractivity contribution >= 4 is 29.2 Å². The zero-order valence-corrected chi connectivity index (χ0v) is 20.4. The maximum Gasteiger partial charge on any atom is 0.323 e. The standard InChI is InChI=1S/C28H28N4OS/c1-4-19-14-11-15-20(5-2)25(19)32-28(33)30-23-18-29-27(21-12-7-6-8-13-21)31-26(23)22-16-9-10-17-24(22)34-3/h6-18H,4-5H2,1-3H3,(H2,30,32,33). The van der Waals surface area contributed by atoms with Crippen molar-refractivity contribution in [3.63, 3.8) is 0 Å². The van der Waals surface area contributed by atoms with Crippen LogP contribution in [0.1, 0.15) is 25.0 Å². The second-order valence-electron chi connectivity index (χ2n) is 7.76. The molecule has 0 aliphatic rings. The number of carbonyl (C=O) groups is 1. The molecule has 2 amide bonds. The number of hydrogen-bond acceptors (Lipinski definition) is 4. The molecule has 0 aliphatic heterocycles. The van der Waals surface area contributed by atoms with Gasteiger partial charge in [-0.1, -0.05) is 80.6 Å². The highest BCUT2D eigenvalue weighted by Gasteiger charge is 2.17. The molecule has 0 saturated carbocycles. The Balaban J connectivity index is 1.73. The zero-order valence-electron chi connectivity index (χ0n) is 19.6. The van der Waals surface area contributed by atoms with Crippen LogP contribution in [0, 0.1) is 0 Å². The van der Waals surface area contributed by atoms with Gasteiger partial charge < -0.3 is 10.6 Å². The first kappa shape index (κ1) is 23.5. The Labute approximate surface area is 205 Å². The van der Waals surface area contributed by atoms with Gasteiger partial charge in [0.2, 0.25) is 0 Å². The number of benzene rings is 3. The average Bonchev–Trinajstić information content (AvgIpc) is 2.89. The summed E-state index contributed by atoms with van der Waals surface area (Å²) in [6, 6.07) is 23.7. The molecule has 3 aromatic carbocycles. The molecule has 1 heterocycles. The molecule has 34 heavy (non-hydrogen) atoms. The monoisotopic (exact) mass is 468 g/mol. The number of carbonyl (C=O) groups excluding carboxylic acids is 1.